The van der Waals surface area contributed by atoms with Crippen LogP contribution in [-0.2, 0) is 16.2 Å². The predicted octanol–water partition coefficient (Wildman–Crippen LogP) is 4.56. The fourth-order valence-electron chi connectivity index (χ4n) is 8.09. The van der Waals surface area contributed by atoms with Crippen LogP contribution in [-0.4, -0.2) is 66.8 Å². The van der Waals surface area contributed by atoms with E-state index < -0.39 is 24.2 Å². The Hall–Kier alpha value is -2.78. The summed E-state index contributed by atoms with van der Waals surface area (Å²) in [6.45, 7) is 12.9. The van der Waals surface area contributed by atoms with E-state index in [0.29, 0.717) is 35.3 Å². The van der Waals surface area contributed by atoms with Crippen molar-refractivity contribution in [3.05, 3.63) is 53.1 Å². The van der Waals surface area contributed by atoms with Gasteiger partial charge < -0.3 is 21.1 Å². The monoisotopic (exact) mass is 590 g/mol. The van der Waals surface area contributed by atoms with Crippen LogP contribution in [0, 0.1) is 36.0 Å². The topological polar surface area (TPSA) is 108 Å². The predicted molar refractivity (Wildman–Crippen MR) is 170 cm³/mol. The highest BCUT2D eigenvalue weighted by molar-refractivity contribution is 5.97. The summed E-state index contributed by atoms with van der Waals surface area (Å²) in [5.41, 5.74) is 12.1. The van der Waals surface area contributed by atoms with Crippen LogP contribution in [0.25, 0.3) is 11.1 Å². The Morgan fingerprint density at radius 2 is 1.93 bits per heavy atom. The quantitative estimate of drug-likeness (QED) is 0.368. The highest BCUT2D eigenvalue weighted by Crippen LogP contribution is 2.61. The van der Waals surface area contributed by atoms with E-state index in [4.69, 9.17) is 10.6 Å². The van der Waals surface area contributed by atoms with E-state index in [-0.39, 0.29) is 24.3 Å². The van der Waals surface area contributed by atoms with E-state index in [1.165, 1.54) is 6.42 Å². The van der Waals surface area contributed by atoms with Gasteiger partial charge in [-0.2, -0.15) is 5.06 Å². The summed E-state index contributed by atoms with van der Waals surface area (Å²) in [6, 6.07) is 11.5. The van der Waals surface area contributed by atoms with Gasteiger partial charge in [-0.15, -0.1) is 0 Å². The van der Waals surface area contributed by atoms with Crippen LogP contribution in [0.2, 0.25) is 0 Å². The Morgan fingerprint density at radius 1 is 1.21 bits per heavy atom. The van der Waals surface area contributed by atoms with Crippen molar-refractivity contribution in [3.63, 3.8) is 0 Å². The third kappa shape index (κ3) is 5.75. The number of hydroxylamine groups is 2. The van der Waals surface area contributed by atoms with Crippen LogP contribution in [0.5, 0.6) is 0 Å². The lowest BCUT2D eigenvalue weighted by Gasteiger charge is -2.62. The number of fused-ring (bicyclic) bond motifs is 2. The molecule has 2 aromatic carbocycles. The standard InChI is InChI=1S/C35H50N4O4/c1-19-23(10-9-11-28(19)25-12-24(21(3)40)13-27(14-25)38(7)8)18-39-33(32(22(4)41)31(17-36)43-39)34(42)37-30-16-26-15-29(20(30)2)35(26,5)6/h9-14,20,22,26,29-33,41H,15-18,36H2,1-8H3,(H,37,42)/t20-,22-,26-,29+,30-,31-,32+,33-/m0/s1. The van der Waals surface area contributed by atoms with Gasteiger partial charge in [-0.1, -0.05) is 39.0 Å². The Balaban J connectivity index is 1.43. The van der Waals surface area contributed by atoms with Crippen molar-refractivity contribution in [2.45, 2.75) is 85.2 Å². The molecule has 0 unspecified atom stereocenters. The zero-order chi connectivity index (χ0) is 31.4. The summed E-state index contributed by atoms with van der Waals surface area (Å²) in [4.78, 5) is 34.7. The molecule has 4 fully saturated rings. The number of nitrogens with two attached hydrogens (primary N) is 1. The molecule has 8 nitrogen and oxygen atoms in total. The first-order valence-corrected chi connectivity index (χ1v) is 15.8. The number of rotatable bonds is 9. The highest BCUT2D eigenvalue weighted by atomic mass is 16.7. The number of Topliss-reactive ketones (excluding diaryl/α,β-unsaturated/α-hetero) is 1. The van der Waals surface area contributed by atoms with Crippen molar-refractivity contribution < 1.29 is 19.5 Å². The largest absolute Gasteiger partial charge is 0.393 e. The zero-order valence-corrected chi connectivity index (χ0v) is 27.1. The van der Waals surface area contributed by atoms with E-state index in [1.807, 2.05) is 43.3 Å². The van der Waals surface area contributed by atoms with Gasteiger partial charge in [0.15, 0.2) is 5.78 Å². The third-order valence-corrected chi connectivity index (χ3v) is 11.0. The molecule has 0 radical (unpaired) electrons. The molecular formula is C35H50N4O4. The lowest BCUT2D eigenvalue weighted by Crippen LogP contribution is -2.62. The number of benzene rings is 2. The molecule has 6 rings (SSSR count). The van der Waals surface area contributed by atoms with Gasteiger partial charge in [0.2, 0.25) is 5.91 Å². The van der Waals surface area contributed by atoms with E-state index in [9.17, 15) is 14.7 Å². The molecule has 1 aliphatic heterocycles. The second kappa shape index (κ2) is 12.0. The minimum absolute atomic E-state index is 0.0169. The summed E-state index contributed by atoms with van der Waals surface area (Å²) < 4.78 is 0. The van der Waals surface area contributed by atoms with Gasteiger partial charge in [0, 0.05) is 43.9 Å². The maximum atomic E-state index is 14.1. The van der Waals surface area contributed by atoms with Gasteiger partial charge in [-0.05, 0) is 97.2 Å². The minimum Gasteiger partial charge on any atom is -0.393 e. The number of aliphatic hydroxyl groups is 1. The van der Waals surface area contributed by atoms with Crippen molar-refractivity contribution in [2.24, 2.45) is 34.8 Å². The molecule has 43 heavy (non-hydrogen) atoms. The summed E-state index contributed by atoms with van der Waals surface area (Å²) in [5.74, 6) is 1.09. The lowest BCUT2D eigenvalue weighted by molar-refractivity contribution is -0.175. The first-order chi connectivity index (χ1) is 20.2. The van der Waals surface area contributed by atoms with E-state index in [1.54, 1.807) is 18.9 Å². The summed E-state index contributed by atoms with van der Waals surface area (Å²) in [7, 11) is 3.93. The Morgan fingerprint density at radius 3 is 2.51 bits per heavy atom. The van der Waals surface area contributed by atoms with Crippen LogP contribution in [0.15, 0.2) is 36.4 Å². The number of nitrogens with one attached hydrogen (secondary N) is 1. The number of amides is 1. The molecule has 8 atom stereocenters. The van der Waals surface area contributed by atoms with Crippen LogP contribution in [0.1, 0.15) is 68.9 Å². The molecule has 2 bridgehead atoms. The molecule has 234 valence electrons. The zero-order valence-electron chi connectivity index (χ0n) is 27.1. The first-order valence-electron chi connectivity index (χ1n) is 15.8. The summed E-state index contributed by atoms with van der Waals surface area (Å²) >= 11 is 0. The molecule has 0 spiro atoms. The Bertz CT molecular complexity index is 1370. The van der Waals surface area contributed by atoms with Crippen LogP contribution in [0.4, 0.5) is 5.69 Å². The van der Waals surface area contributed by atoms with Crippen LogP contribution < -0.4 is 16.0 Å². The fourth-order valence-corrected chi connectivity index (χ4v) is 8.09. The molecular weight excluding hydrogens is 540 g/mol. The van der Waals surface area contributed by atoms with Gasteiger partial charge in [-0.3, -0.25) is 14.4 Å². The smallest absolute Gasteiger partial charge is 0.240 e. The summed E-state index contributed by atoms with van der Waals surface area (Å²) in [5, 5.41) is 16.0. The number of carbonyl (C=O) groups excluding carboxylic acids is 2. The number of aliphatic hydroxyl groups excluding tert-OH is 1. The molecule has 8 heteroatoms. The molecule has 2 aromatic rings. The Labute approximate surface area is 256 Å². The number of nitrogens with zero attached hydrogens (tertiary/aromatic N) is 2. The third-order valence-electron chi connectivity index (χ3n) is 11.0. The molecule has 3 aliphatic carbocycles. The molecule has 1 amide bonds. The van der Waals surface area contributed by atoms with Gasteiger partial charge in [0.1, 0.15) is 6.04 Å². The van der Waals surface area contributed by atoms with Gasteiger partial charge >= 0.3 is 0 Å². The summed E-state index contributed by atoms with van der Waals surface area (Å²) in [6.07, 6.45) is 0.993. The fraction of sp³-hybridized carbons (Fsp3) is 0.600. The van der Waals surface area contributed by atoms with Gasteiger partial charge in [-0.25, -0.2) is 0 Å². The van der Waals surface area contributed by atoms with E-state index >= 15 is 0 Å². The number of hydrogen-bond acceptors (Lipinski definition) is 7. The average molecular weight is 591 g/mol. The number of carbonyl (C=O) groups is 2. The Kier molecular flexibility index (Phi) is 8.80. The van der Waals surface area contributed by atoms with Crippen molar-refractivity contribution in [1.82, 2.24) is 10.4 Å². The molecule has 4 aliphatic rings. The van der Waals surface area contributed by atoms with Crippen LogP contribution >= 0.6 is 0 Å². The highest BCUT2D eigenvalue weighted by Gasteiger charge is 2.57. The number of hydrogen-bond donors (Lipinski definition) is 3. The number of anilines is 1. The SMILES string of the molecule is CC(=O)c1cc(-c2cccc(CN3O[C@@H](CN)[C@@H]([C@H](C)O)[C@H]3C(=O)N[C@H]3C[C@@H]4C[C@H]([C@@H]3C)C4(C)C)c2C)cc(N(C)C)c1. The van der Waals surface area contributed by atoms with Crippen molar-refractivity contribution >= 4 is 17.4 Å². The van der Waals surface area contributed by atoms with Crippen molar-refractivity contribution in [1.29, 1.82) is 0 Å². The molecule has 1 saturated heterocycles. The van der Waals surface area contributed by atoms with Crippen molar-refractivity contribution in [2.75, 3.05) is 25.5 Å². The maximum absolute atomic E-state index is 14.1. The average Bonchev–Trinajstić information content (AvgIpc) is 3.33. The maximum Gasteiger partial charge on any atom is 0.240 e. The number of ketones is 1. The second-order valence-electron chi connectivity index (χ2n) is 14.1. The normalized spacial score (nSPS) is 30.4. The van der Waals surface area contributed by atoms with E-state index in [2.05, 4.69) is 45.1 Å². The van der Waals surface area contributed by atoms with Crippen molar-refractivity contribution in [3.8, 4) is 11.1 Å². The van der Waals surface area contributed by atoms with Crippen LogP contribution in [0.3, 0.4) is 0 Å². The molecule has 4 N–H and O–H groups in total. The molecule has 0 aromatic heterocycles. The van der Waals surface area contributed by atoms with Gasteiger partial charge in [0.25, 0.3) is 0 Å². The first kappa shape index (κ1) is 31.6. The van der Waals surface area contributed by atoms with E-state index in [0.717, 1.165) is 34.4 Å². The molecule has 1 heterocycles. The lowest BCUT2D eigenvalue weighted by atomic mass is 9.45. The minimum atomic E-state index is -0.767. The molecule has 3 saturated carbocycles. The second-order valence-corrected chi connectivity index (χ2v) is 14.1. The van der Waals surface area contributed by atoms with Gasteiger partial charge in [0.05, 0.1) is 18.8 Å².